The lowest BCUT2D eigenvalue weighted by molar-refractivity contribution is 0.380. The van der Waals surface area contributed by atoms with Gasteiger partial charge in [0.1, 0.15) is 0 Å². The summed E-state index contributed by atoms with van der Waals surface area (Å²) in [6.07, 6.45) is 1.85. The van der Waals surface area contributed by atoms with E-state index in [4.69, 9.17) is 5.73 Å². The fourth-order valence-corrected chi connectivity index (χ4v) is 2.39. The molecule has 0 aromatic heterocycles. The van der Waals surface area contributed by atoms with Crippen LogP contribution in [-0.4, -0.2) is 23.9 Å². The van der Waals surface area contributed by atoms with Gasteiger partial charge in [0, 0.05) is 11.0 Å². The highest BCUT2D eigenvalue weighted by molar-refractivity contribution is 9.10. The van der Waals surface area contributed by atoms with Crippen molar-refractivity contribution in [3.63, 3.8) is 0 Å². The van der Waals surface area contributed by atoms with Crippen molar-refractivity contribution >= 4 is 21.9 Å². The Bertz CT molecular complexity index is 468. The fourth-order valence-electron chi connectivity index (χ4n) is 1.99. The Labute approximate surface area is 110 Å². The van der Waals surface area contributed by atoms with Crippen LogP contribution < -0.4 is 5.73 Å². The fraction of sp³-hybridized carbons (Fsp3) is 0.308. The lowest BCUT2D eigenvalue weighted by Gasteiger charge is -2.25. The van der Waals surface area contributed by atoms with Crippen molar-refractivity contribution in [2.24, 2.45) is 10.7 Å². The van der Waals surface area contributed by atoms with Crippen molar-refractivity contribution < 1.29 is 0 Å². The predicted octanol–water partition coefficient (Wildman–Crippen LogP) is 2.61. The second-order valence-corrected chi connectivity index (χ2v) is 5.02. The first-order chi connectivity index (χ1) is 8.13. The molecule has 3 nitrogen and oxygen atoms in total. The van der Waals surface area contributed by atoms with E-state index >= 15 is 0 Å². The highest BCUT2D eigenvalue weighted by Gasteiger charge is 2.26. The van der Waals surface area contributed by atoms with Gasteiger partial charge in [0.05, 0.1) is 12.6 Å². The van der Waals surface area contributed by atoms with Crippen LogP contribution in [0.1, 0.15) is 17.2 Å². The summed E-state index contributed by atoms with van der Waals surface area (Å²) in [4.78, 5) is 6.38. The third-order valence-corrected chi connectivity index (χ3v) is 3.86. The summed E-state index contributed by atoms with van der Waals surface area (Å²) < 4.78 is 1.12. The van der Waals surface area contributed by atoms with E-state index in [-0.39, 0.29) is 6.04 Å². The van der Waals surface area contributed by atoms with E-state index in [1.54, 1.807) is 0 Å². The maximum atomic E-state index is 5.88. The molecule has 0 aliphatic carbocycles. The smallest absolute Gasteiger partial charge is 0.192 e. The Morgan fingerprint density at radius 3 is 3.06 bits per heavy atom. The van der Waals surface area contributed by atoms with E-state index < -0.39 is 0 Å². The van der Waals surface area contributed by atoms with E-state index in [0.717, 1.165) is 17.6 Å². The third-order valence-electron chi connectivity index (χ3n) is 3.00. The van der Waals surface area contributed by atoms with Gasteiger partial charge in [-0.05, 0) is 24.1 Å². The number of aliphatic imine (C=N–C) groups is 1. The molecule has 1 heterocycles. The molecule has 1 atom stereocenters. The molecule has 1 aromatic carbocycles. The van der Waals surface area contributed by atoms with E-state index in [0.29, 0.717) is 5.96 Å². The first-order valence-corrected chi connectivity index (χ1v) is 6.36. The lowest BCUT2D eigenvalue weighted by atomic mass is 10.0. The van der Waals surface area contributed by atoms with Crippen LogP contribution in [-0.2, 0) is 0 Å². The van der Waals surface area contributed by atoms with Gasteiger partial charge in [-0.1, -0.05) is 34.1 Å². The molecule has 1 aromatic rings. The molecule has 0 spiro atoms. The molecule has 4 heteroatoms. The summed E-state index contributed by atoms with van der Waals surface area (Å²) in [5.41, 5.74) is 8.34. The minimum absolute atomic E-state index is 0.227. The number of guanidine groups is 1. The van der Waals surface area contributed by atoms with Gasteiger partial charge in [-0.25, -0.2) is 0 Å². The maximum Gasteiger partial charge on any atom is 0.192 e. The molecule has 0 saturated heterocycles. The molecule has 0 radical (unpaired) electrons. The van der Waals surface area contributed by atoms with Crippen LogP contribution in [0.2, 0.25) is 0 Å². The average Bonchev–Trinajstić information content (AvgIpc) is 2.66. The Balaban J connectivity index is 2.27. The minimum atomic E-state index is 0.227. The zero-order valence-electron chi connectivity index (χ0n) is 9.86. The number of nitrogens with two attached hydrogens (primary N) is 1. The van der Waals surface area contributed by atoms with E-state index in [9.17, 15) is 0 Å². The van der Waals surface area contributed by atoms with Crippen LogP contribution >= 0.6 is 15.9 Å². The molecule has 90 valence electrons. The summed E-state index contributed by atoms with van der Waals surface area (Å²) in [5, 5.41) is 0. The van der Waals surface area contributed by atoms with Crippen molar-refractivity contribution in [3.8, 4) is 0 Å². The third kappa shape index (κ3) is 2.36. The monoisotopic (exact) mass is 293 g/mol. The lowest BCUT2D eigenvalue weighted by Crippen LogP contribution is -2.36. The number of benzene rings is 1. The van der Waals surface area contributed by atoms with E-state index in [1.807, 2.05) is 6.08 Å². The molecule has 0 bridgehead atoms. The zero-order chi connectivity index (χ0) is 12.4. The average molecular weight is 294 g/mol. The predicted molar refractivity (Wildman–Crippen MR) is 75.0 cm³/mol. The molecular weight excluding hydrogens is 278 g/mol. The molecule has 2 N–H and O–H groups in total. The molecule has 17 heavy (non-hydrogen) atoms. The van der Waals surface area contributed by atoms with Gasteiger partial charge >= 0.3 is 0 Å². The van der Waals surface area contributed by atoms with Gasteiger partial charge in [0.15, 0.2) is 5.96 Å². The maximum absolute atomic E-state index is 5.88. The van der Waals surface area contributed by atoms with Crippen molar-refractivity contribution in [2.75, 3.05) is 13.1 Å². The summed E-state index contributed by atoms with van der Waals surface area (Å²) in [6, 6.07) is 6.61. The van der Waals surface area contributed by atoms with E-state index in [2.05, 4.69) is 57.5 Å². The van der Waals surface area contributed by atoms with Crippen molar-refractivity contribution in [2.45, 2.75) is 13.0 Å². The van der Waals surface area contributed by atoms with Crippen LogP contribution in [0.15, 0.2) is 40.3 Å². The summed E-state index contributed by atoms with van der Waals surface area (Å²) >= 11 is 3.56. The number of rotatable bonds is 3. The normalized spacial score (nSPS) is 19.3. The Morgan fingerprint density at radius 2 is 2.41 bits per heavy atom. The number of hydrogen-bond acceptors (Lipinski definition) is 3. The molecule has 0 fully saturated rings. The van der Waals surface area contributed by atoms with E-state index in [1.165, 1.54) is 11.1 Å². The molecule has 0 saturated carbocycles. The largest absolute Gasteiger partial charge is 0.370 e. The van der Waals surface area contributed by atoms with Crippen LogP contribution in [0.25, 0.3) is 0 Å². The van der Waals surface area contributed by atoms with Gasteiger partial charge in [0.2, 0.25) is 0 Å². The summed E-state index contributed by atoms with van der Waals surface area (Å²) in [5.74, 6) is 0.603. The first-order valence-electron chi connectivity index (χ1n) is 5.57. The Morgan fingerprint density at radius 1 is 1.65 bits per heavy atom. The second-order valence-electron chi connectivity index (χ2n) is 4.16. The van der Waals surface area contributed by atoms with Gasteiger partial charge in [-0.2, -0.15) is 0 Å². The van der Waals surface area contributed by atoms with Crippen LogP contribution in [0.3, 0.4) is 0 Å². The van der Waals surface area contributed by atoms with Gasteiger partial charge in [-0.15, -0.1) is 6.58 Å². The highest BCUT2D eigenvalue weighted by atomic mass is 79.9. The number of nitrogens with zero attached hydrogens (tertiary/aromatic N) is 2. The zero-order valence-corrected chi connectivity index (χ0v) is 11.4. The summed E-state index contributed by atoms with van der Waals surface area (Å²) in [6.45, 7) is 7.28. The second kappa shape index (κ2) is 4.92. The molecular formula is C13H16BrN3. The number of halogens is 1. The Kier molecular flexibility index (Phi) is 3.52. The number of hydrogen-bond donors (Lipinski definition) is 1. The molecule has 1 aliphatic heterocycles. The Hall–Kier alpha value is -1.29. The molecule has 0 amide bonds. The molecule has 2 rings (SSSR count). The highest BCUT2D eigenvalue weighted by Crippen LogP contribution is 2.28. The van der Waals surface area contributed by atoms with Gasteiger partial charge in [0.25, 0.3) is 0 Å². The van der Waals surface area contributed by atoms with Crippen LogP contribution in [0, 0.1) is 6.92 Å². The van der Waals surface area contributed by atoms with Crippen LogP contribution in [0.5, 0.6) is 0 Å². The first kappa shape index (κ1) is 12.2. The minimum Gasteiger partial charge on any atom is -0.370 e. The molecule has 1 unspecified atom stereocenters. The van der Waals surface area contributed by atoms with Gasteiger partial charge < -0.3 is 10.6 Å². The SMILES string of the molecule is C=CCN1C(N)=NCC1c1ccc(C)c(Br)c1. The van der Waals surface area contributed by atoms with Gasteiger partial charge in [-0.3, -0.25) is 4.99 Å². The van der Waals surface area contributed by atoms with Crippen molar-refractivity contribution in [3.05, 3.63) is 46.5 Å². The van der Waals surface area contributed by atoms with Crippen molar-refractivity contribution in [1.82, 2.24) is 4.90 Å². The standard InChI is InChI=1S/C13H16BrN3/c1-3-6-17-12(8-16-13(17)15)10-5-4-9(2)11(14)7-10/h3-5,7,12H,1,6,8H2,2H3,(H2,15,16). The van der Waals surface area contributed by atoms with Crippen LogP contribution in [0.4, 0.5) is 0 Å². The van der Waals surface area contributed by atoms with Crippen molar-refractivity contribution in [1.29, 1.82) is 0 Å². The summed E-state index contributed by atoms with van der Waals surface area (Å²) in [7, 11) is 0. The quantitative estimate of drug-likeness (QED) is 0.871. The number of aryl methyl sites for hydroxylation is 1. The molecule has 1 aliphatic rings. The topological polar surface area (TPSA) is 41.6 Å².